The van der Waals surface area contributed by atoms with Crippen molar-refractivity contribution in [2.24, 2.45) is 0 Å². The standard InChI is InChI=1S/C16H20F3N3O2/c17-16(18,19)11-24-15-14(13-2-3-13)8-12(9-20-15)10-22-5-1-4-21(22)6-7-23/h1,4,8-9,13,23H,2-3,5-7,10-11H2. The van der Waals surface area contributed by atoms with Crippen LogP contribution in [0.3, 0.4) is 0 Å². The summed E-state index contributed by atoms with van der Waals surface area (Å²) in [6.07, 6.45) is 3.00. The van der Waals surface area contributed by atoms with Gasteiger partial charge in [-0.2, -0.15) is 13.2 Å². The van der Waals surface area contributed by atoms with Gasteiger partial charge < -0.3 is 14.9 Å². The molecule has 1 N–H and O–H groups in total. The zero-order valence-corrected chi connectivity index (χ0v) is 13.2. The Morgan fingerprint density at radius 1 is 1.33 bits per heavy atom. The molecule has 1 fully saturated rings. The maximum absolute atomic E-state index is 12.4. The molecule has 1 aliphatic carbocycles. The molecular formula is C16H20F3N3O2. The highest BCUT2D eigenvalue weighted by atomic mass is 19.4. The van der Waals surface area contributed by atoms with E-state index in [2.05, 4.69) is 4.98 Å². The number of aliphatic hydroxyl groups excluding tert-OH is 1. The van der Waals surface area contributed by atoms with Gasteiger partial charge in [0, 0.05) is 31.0 Å². The number of alkyl halides is 3. The molecule has 0 amide bonds. The molecule has 0 radical (unpaired) electrons. The van der Waals surface area contributed by atoms with E-state index in [9.17, 15) is 13.2 Å². The Labute approximate surface area is 138 Å². The molecule has 8 heteroatoms. The minimum atomic E-state index is -4.37. The molecule has 0 atom stereocenters. The van der Waals surface area contributed by atoms with Crippen LogP contribution in [-0.4, -0.2) is 52.6 Å². The molecule has 2 heterocycles. The Hall–Kier alpha value is -1.80. The van der Waals surface area contributed by atoms with Crippen LogP contribution in [-0.2, 0) is 6.54 Å². The third-order valence-electron chi connectivity index (χ3n) is 3.98. The average molecular weight is 343 g/mol. The smallest absolute Gasteiger partial charge is 0.422 e. The highest BCUT2D eigenvalue weighted by Gasteiger charge is 2.32. The fourth-order valence-corrected chi connectivity index (χ4v) is 2.73. The molecule has 0 unspecified atom stereocenters. The summed E-state index contributed by atoms with van der Waals surface area (Å²) < 4.78 is 42.0. The molecule has 5 nitrogen and oxygen atoms in total. The number of rotatable bonds is 7. The van der Waals surface area contributed by atoms with Crippen molar-refractivity contribution in [3.05, 3.63) is 35.7 Å². The largest absolute Gasteiger partial charge is 0.468 e. The minimum absolute atomic E-state index is 0.0522. The number of pyridine rings is 1. The van der Waals surface area contributed by atoms with Crippen LogP contribution < -0.4 is 4.74 Å². The fraction of sp³-hybridized carbons (Fsp3) is 0.562. The lowest BCUT2D eigenvalue weighted by Crippen LogP contribution is -2.36. The third kappa shape index (κ3) is 4.39. The molecule has 2 aliphatic rings. The maximum atomic E-state index is 12.4. The van der Waals surface area contributed by atoms with E-state index < -0.39 is 12.8 Å². The first-order valence-corrected chi connectivity index (χ1v) is 7.93. The predicted octanol–water partition coefficient (Wildman–Crippen LogP) is 2.44. The summed E-state index contributed by atoms with van der Waals surface area (Å²) in [4.78, 5) is 4.12. The molecule has 24 heavy (non-hydrogen) atoms. The Morgan fingerprint density at radius 2 is 2.12 bits per heavy atom. The van der Waals surface area contributed by atoms with Gasteiger partial charge in [0.05, 0.1) is 13.2 Å². The number of halogens is 3. The number of ether oxygens (including phenoxy) is 1. The highest BCUT2D eigenvalue weighted by Crippen LogP contribution is 2.44. The summed E-state index contributed by atoms with van der Waals surface area (Å²) in [5.74, 6) is 0.330. The van der Waals surface area contributed by atoms with Crippen molar-refractivity contribution in [3.8, 4) is 5.88 Å². The number of aliphatic hydroxyl groups is 1. The van der Waals surface area contributed by atoms with Crippen LogP contribution in [0.25, 0.3) is 0 Å². The van der Waals surface area contributed by atoms with Crippen molar-refractivity contribution in [1.29, 1.82) is 0 Å². The first kappa shape index (κ1) is 17.0. The quantitative estimate of drug-likeness (QED) is 0.824. The van der Waals surface area contributed by atoms with Crippen LogP contribution in [0, 0.1) is 0 Å². The van der Waals surface area contributed by atoms with Gasteiger partial charge in [-0.1, -0.05) is 6.08 Å². The van der Waals surface area contributed by atoms with E-state index in [0.717, 1.165) is 30.5 Å². The van der Waals surface area contributed by atoms with Crippen molar-refractivity contribution in [1.82, 2.24) is 15.0 Å². The van der Waals surface area contributed by atoms with E-state index in [1.165, 1.54) is 0 Å². The van der Waals surface area contributed by atoms with Crippen LogP contribution in [0.4, 0.5) is 13.2 Å². The summed E-state index contributed by atoms with van der Waals surface area (Å²) in [5.41, 5.74) is 1.68. The molecule has 0 bridgehead atoms. The van der Waals surface area contributed by atoms with E-state index in [1.807, 2.05) is 28.4 Å². The number of hydrogen-bond donors (Lipinski definition) is 1. The number of nitrogens with zero attached hydrogens (tertiary/aromatic N) is 3. The van der Waals surface area contributed by atoms with Crippen molar-refractivity contribution in [2.45, 2.75) is 31.5 Å². The van der Waals surface area contributed by atoms with Gasteiger partial charge in [0.2, 0.25) is 5.88 Å². The Bertz CT molecular complexity index is 603. The second kappa shape index (κ2) is 6.98. The normalized spacial score (nSPS) is 18.4. The summed E-state index contributed by atoms with van der Waals surface area (Å²) in [5, 5.41) is 13.0. The van der Waals surface area contributed by atoms with Crippen LogP contribution in [0.1, 0.15) is 29.9 Å². The zero-order chi connectivity index (χ0) is 17.2. The highest BCUT2D eigenvalue weighted by molar-refractivity contribution is 5.36. The lowest BCUT2D eigenvalue weighted by Gasteiger charge is -2.28. The monoisotopic (exact) mass is 343 g/mol. The predicted molar refractivity (Wildman–Crippen MR) is 81.1 cm³/mol. The SMILES string of the molecule is OCCN1C=CCN1Cc1cnc(OCC(F)(F)F)c(C2CC2)c1. The van der Waals surface area contributed by atoms with Crippen LogP contribution in [0.2, 0.25) is 0 Å². The van der Waals surface area contributed by atoms with Gasteiger partial charge in [0.15, 0.2) is 6.61 Å². The lowest BCUT2D eigenvalue weighted by atomic mass is 10.1. The van der Waals surface area contributed by atoms with Gasteiger partial charge in [-0.25, -0.2) is 9.99 Å². The van der Waals surface area contributed by atoms with Gasteiger partial charge in [-0.05, 0) is 30.4 Å². The second-order valence-electron chi connectivity index (χ2n) is 6.03. The molecule has 1 aromatic heterocycles. The van der Waals surface area contributed by atoms with E-state index in [0.29, 0.717) is 13.1 Å². The zero-order valence-electron chi connectivity index (χ0n) is 13.2. The first-order valence-electron chi connectivity index (χ1n) is 7.93. The van der Waals surface area contributed by atoms with Crippen molar-refractivity contribution in [2.75, 3.05) is 26.3 Å². The van der Waals surface area contributed by atoms with Gasteiger partial charge in [-0.15, -0.1) is 0 Å². The summed E-state index contributed by atoms with van der Waals surface area (Å²) >= 11 is 0. The van der Waals surface area contributed by atoms with Gasteiger partial charge in [0.1, 0.15) is 0 Å². The Kier molecular flexibility index (Phi) is 4.96. The Balaban J connectivity index is 1.70. The topological polar surface area (TPSA) is 48.8 Å². The molecule has 3 rings (SSSR count). The molecule has 0 aromatic carbocycles. The van der Waals surface area contributed by atoms with Crippen molar-refractivity contribution in [3.63, 3.8) is 0 Å². The van der Waals surface area contributed by atoms with E-state index in [1.54, 1.807) is 6.20 Å². The van der Waals surface area contributed by atoms with E-state index in [-0.39, 0.29) is 18.4 Å². The van der Waals surface area contributed by atoms with Crippen LogP contribution in [0.15, 0.2) is 24.5 Å². The molecule has 1 saturated carbocycles. The van der Waals surface area contributed by atoms with Crippen molar-refractivity contribution >= 4 is 0 Å². The van der Waals surface area contributed by atoms with E-state index >= 15 is 0 Å². The lowest BCUT2D eigenvalue weighted by molar-refractivity contribution is -0.154. The van der Waals surface area contributed by atoms with Gasteiger partial charge >= 0.3 is 6.18 Å². The van der Waals surface area contributed by atoms with Crippen LogP contribution in [0.5, 0.6) is 5.88 Å². The molecule has 0 saturated heterocycles. The number of hydrogen-bond acceptors (Lipinski definition) is 5. The number of β-amino-alcohol motifs (C(OH)–C–C–N with tert-alkyl or cyclic N) is 1. The first-order chi connectivity index (χ1) is 11.5. The fourth-order valence-electron chi connectivity index (χ4n) is 2.73. The van der Waals surface area contributed by atoms with Gasteiger partial charge in [0.25, 0.3) is 0 Å². The third-order valence-corrected chi connectivity index (χ3v) is 3.98. The average Bonchev–Trinajstić information content (AvgIpc) is 3.28. The molecule has 0 spiro atoms. The van der Waals surface area contributed by atoms with Crippen LogP contribution >= 0.6 is 0 Å². The second-order valence-corrected chi connectivity index (χ2v) is 6.03. The molecule has 1 aliphatic heterocycles. The summed E-state index contributed by atoms with van der Waals surface area (Å²) in [6.45, 7) is 0.548. The number of aromatic nitrogens is 1. The molecule has 1 aromatic rings. The maximum Gasteiger partial charge on any atom is 0.422 e. The number of hydrazine groups is 1. The van der Waals surface area contributed by atoms with Crippen molar-refractivity contribution < 1.29 is 23.0 Å². The molecule has 132 valence electrons. The summed E-state index contributed by atoms with van der Waals surface area (Å²) in [6, 6.07) is 1.89. The minimum Gasteiger partial charge on any atom is -0.468 e. The summed E-state index contributed by atoms with van der Waals surface area (Å²) in [7, 11) is 0. The Morgan fingerprint density at radius 3 is 2.79 bits per heavy atom. The van der Waals surface area contributed by atoms with E-state index in [4.69, 9.17) is 9.84 Å². The van der Waals surface area contributed by atoms with Gasteiger partial charge in [-0.3, -0.25) is 0 Å². The molecular weight excluding hydrogens is 323 g/mol.